The van der Waals surface area contributed by atoms with E-state index >= 15 is 0 Å². The number of halogens is 2. The number of hydrogen-bond donors (Lipinski definition) is 2. The lowest BCUT2D eigenvalue weighted by atomic mass is 10.2. The number of hydrogen-bond acceptors (Lipinski definition) is 8. The second kappa shape index (κ2) is 7.59. The van der Waals surface area contributed by atoms with Gasteiger partial charge in [0.1, 0.15) is 33.7 Å². The number of aromatic nitrogens is 4. The Balaban J connectivity index is 2.11. The van der Waals surface area contributed by atoms with Crippen LogP contribution in [0.3, 0.4) is 0 Å². The monoisotopic (exact) mass is 392 g/mol. The zero-order valence-corrected chi connectivity index (χ0v) is 15.3. The molecule has 0 aliphatic rings. The van der Waals surface area contributed by atoms with Crippen LogP contribution in [0.1, 0.15) is 0 Å². The highest BCUT2D eigenvalue weighted by Crippen LogP contribution is 2.45. The van der Waals surface area contributed by atoms with E-state index in [0.717, 1.165) is 0 Å². The maximum atomic E-state index is 6.40. The first-order valence-electron chi connectivity index (χ1n) is 7.32. The Kier molecular flexibility index (Phi) is 5.24. The van der Waals surface area contributed by atoms with Gasteiger partial charge >= 0.3 is 0 Å². The summed E-state index contributed by atoms with van der Waals surface area (Å²) in [6.45, 7) is 0. The van der Waals surface area contributed by atoms with Crippen LogP contribution < -0.4 is 20.5 Å². The molecule has 3 rings (SSSR count). The molecule has 0 unspecified atom stereocenters. The Morgan fingerprint density at radius 3 is 2.35 bits per heavy atom. The Bertz CT molecular complexity index is 926. The number of ether oxygens (including phenoxy) is 2. The minimum Gasteiger partial charge on any atom is -0.495 e. The van der Waals surface area contributed by atoms with Crippen molar-refractivity contribution in [3.8, 4) is 22.9 Å². The molecule has 0 aliphatic carbocycles. The minimum absolute atomic E-state index is 0.101. The summed E-state index contributed by atoms with van der Waals surface area (Å²) in [6.07, 6.45) is 2.93. The Hall–Kier alpha value is -2.84. The van der Waals surface area contributed by atoms with E-state index in [9.17, 15) is 0 Å². The molecule has 0 aliphatic heterocycles. The van der Waals surface area contributed by atoms with Gasteiger partial charge in [-0.1, -0.05) is 23.2 Å². The van der Waals surface area contributed by atoms with Crippen LogP contribution in [0.15, 0.2) is 30.7 Å². The van der Waals surface area contributed by atoms with Crippen LogP contribution in [0.5, 0.6) is 11.5 Å². The number of nitrogens with zero attached hydrogens (tertiary/aromatic N) is 4. The summed E-state index contributed by atoms with van der Waals surface area (Å²) in [6, 6.07) is 5.13. The first-order chi connectivity index (χ1) is 12.5. The molecule has 0 amide bonds. The van der Waals surface area contributed by atoms with Gasteiger partial charge in [0.05, 0.1) is 25.5 Å². The van der Waals surface area contributed by atoms with Gasteiger partial charge in [0.15, 0.2) is 5.82 Å². The third kappa shape index (κ3) is 3.42. The van der Waals surface area contributed by atoms with Gasteiger partial charge in [-0.05, 0) is 12.1 Å². The number of benzene rings is 1. The van der Waals surface area contributed by atoms with E-state index in [0.29, 0.717) is 34.4 Å². The highest BCUT2D eigenvalue weighted by molar-refractivity contribution is 6.41. The molecule has 10 heteroatoms. The number of anilines is 3. The second-order valence-corrected chi connectivity index (χ2v) is 5.73. The molecule has 0 spiro atoms. The standard InChI is InChI=1S/C16H14Cl2N6O2/c1-25-9-6-10(26-2)12(18)13(11(9)17)23-14-8(4-3-5-20-14)15-21-7-22-16(19)24-15/h3-7H,1-2H3,(H,20,23)(H2,19,21,22,24). The minimum atomic E-state index is 0.101. The van der Waals surface area contributed by atoms with Crippen molar-refractivity contribution in [1.82, 2.24) is 19.9 Å². The van der Waals surface area contributed by atoms with Gasteiger partial charge in [0, 0.05) is 12.3 Å². The smallest absolute Gasteiger partial charge is 0.223 e. The lowest BCUT2D eigenvalue weighted by molar-refractivity contribution is 0.395. The predicted molar refractivity (Wildman–Crippen MR) is 100 cm³/mol. The zero-order chi connectivity index (χ0) is 18.7. The number of methoxy groups -OCH3 is 2. The van der Waals surface area contributed by atoms with Crippen molar-refractivity contribution in [3.05, 3.63) is 40.8 Å². The van der Waals surface area contributed by atoms with Gasteiger partial charge in [0.25, 0.3) is 0 Å². The molecule has 1 aromatic carbocycles. The zero-order valence-electron chi connectivity index (χ0n) is 13.8. The number of nitrogens with two attached hydrogens (primary N) is 1. The van der Waals surface area contributed by atoms with E-state index < -0.39 is 0 Å². The largest absolute Gasteiger partial charge is 0.495 e. The van der Waals surface area contributed by atoms with Crippen LogP contribution in [0.25, 0.3) is 11.4 Å². The van der Waals surface area contributed by atoms with Crippen LogP contribution in [0.2, 0.25) is 10.0 Å². The summed E-state index contributed by atoms with van der Waals surface area (Å²) in [4.78, 5) is 16.4. The van der Waals surface area contributed by atoms with E-state index in [4.69, 9.17) is 38.4 Å². The Morgan fingerprint density at radius 2 is 1.73 bits per heavy atom. The van der Waals surface area contributed by atoms with Gasteiger partial charge < -0.3 is 20.5 Å². The Morgan fingerprint density at radius 1 is 1.04 bits per heavy atom. The summed E-state index contributed by atoms with van der Waals surface area (Å²) in [7, 11) is 3.00. The van der Waals surface area contributed by atoms with Crippen molar-refractivity contribution in [2.75, 3.05) is 25.3 Å². The molecule has 2 heterocycles. The first kappa shape index (κ1) is 18.0. The van der Waals surface area contributed by atoms with E-state index in [1.54, 1.807) is 24.4 Å². The fourth-order valence-corrected chi connectivity index (χ4v) is 2.83. The summed E-state index contributed by atoms with van der Waals surface area (Å²) in [5, 5.41) is 3.67. The van der Waals surface area contributed by atoms with Gasteiger partial charge in [-0.15, -0.1) is 0 Å². The highest BCUT2D eigenvalue weighted by Gasteiger charge is 2.19. The van der Waals surface area contributed by atoms with E-state index in [-0.39, 0.29) is 16.0 Å². The number of nitrogens with one attached hydrogen (secondary N) is 1. The van der Waals surface area contributed by atoms with Crippen LogP contribution in [-0.2, 0) is 0 Å². The first-order valence-corrected chi connectivity index (χ1v) is 8.07. The predicted octanol–water partition coefficient (Wildman–Crippen LogP) is 3.58. The van der Waals surface area contributed by atoms with Gasteiger partial charge in [-0.25, -0.2) is 15.0 Å². The van der Waals surface area contributed by atoms with E-state index in [2.05, 4.69) is 25.3 Å². The highest BCUT2D eigenvalue weighted by atomic mass is 35.5. The number of nitrogen functional groups attached to an aromatic ring is 1. The third-order valence-corrected chi connectivity index (χ3v) is 4.21. The summed E-state index contributed by atoms with van der Waals surface area (Å²) in [5.41, 5.74) is 6.62. The normalized spacial score (nSPS) is 10.5. The van der Waals surface area contributed by atoms with Crippen molar-refractivity contribution < 1.29 is 9.47 Å². The molecule has 0 saturated carbocycles. The maximum Gasteiger partial charge on any atom is 0.223 e. The van der Waals surface area contributed by atoms with Crippen molar-refractivity contribution >= 4 is 40.7 Å². The molecule has 134 valence electrons. The molecular weight excluding hydrogens is 379 g/mol. The average Bonchev–Trinajstić information content (AvgIpc) is 2.66. The van der Waals surface area contributed by atoms with Gasteiger partial charge in [0.2, 0.25) is 5.95 Å². The number of pyridine rings is 1. The molecule has 0 atom stereocenters. The van der Waals surface area contributed by atoms with Crippen molar-refractivity contribution in [2.45, 2.75) is 0 Å². The van der Waals surface area contributed by atoms with Crippen molar-refractivity contribution in [3.63, 3.8) is 0 Å². The van der Waals surface area contributed by atoms with Crippen LogP contribution >= 0.6 is 23.2 Å². The molecule has 26 heavy (non-hydrogen) atoms. The molecule has 0 radical (unpaired) electrons. The average molecular weight is 393 g/mol. The molecule has 0 saturated heterocycles. The van der Waals surface area contributed by atoms with E-state index in [1.807, 2.05) is 0 Å². The second-order valence-electron chi connectivity index (χ2n) is 4.98. The van der Waals surface area contributed by atoms with E-state index in [1.165, 1.54) is 20.5 Å². The van der Waals surface area contributed by atoms with Gasteiger partial charge in [-0.2, -0.15) is 4.98 Å². The number of rotatable bonds is 5. The summed E-state index contributed by atoms with van der Waals surface area (Å²) >= 11 is 12.8. The third-order valence-electron chi connectivity index (χ3n) is 3.46. The maximum absolute atomic E-state index is 6.40. The molecule has 8 nitrogen and oxygen atoms in total. The lowest BCUT2D eigenvalue weighted by Crippen LogP contribution is -2.03. The van der Waals surface area contributed by atoms with Crippen LogP contribution in [-0.4, -0.2) is 34.2 Å². The Labute approximate surface area is 159 Å². The van der Waals surface area contributed by atoms with Gasteiger partial charge in [-0.3, -0.25) is 0 Å². The van der Waals surface area contributed by atoms with Crippen LogP contribution in [0, 0.1) is 0 Å². The molecule has 3 aromatic rings. The molecular formula is C16H14Cl2N6O2. The molecule has 0 fully saturated rings. The fourth-order valence-electron chi connectivity index (χ4n) is 2.24. The topological polar surface area (TPSA) is 108 Å². The summed E-state index contributed by atoms with van der Waals surface area (Å²) < 4.78 is 10.5. The lowest BCUT2D eigenvalue weighted by Gasteiger charge is -2.16. The molecule has 0 bridgehead atoms. The fraction of sp³-hybridized carbons (Fsp3) is 0.125. The SMILES string of the molecule is COc1cc(OC)c(Cl)c(Nc2ncccc2-c2ncnc(N)n2)c1Cl. The van der Waals surface area contributed by atoms with Crippen molar-refractivity contribution in [1.29, 1.82) is 0 Å². The molecule has 3 N–H and O–H groups in total. The van der Waals surface area contributed by atoms with Crippen molar-refractivity contribution in [2.24, 2.45) is 0 Å². The van der Waals surface area contributed by atoms with Crippen LogP contribution in [0.4, 0.5) is 17.5 Å². The molecule has 2 aromatic heterocycles. The summed E-state index contributed by atoms with van der Waals surface area (Å²) in [5.74, 6) is 1.69. The quantitative estimate of drug-likeness (QED) is 0.677.